The van der Waals surface area contributed by atoms with Crippen LogP contribution in [-0.4, -0.2) is 77.4 Å². The summed E-state index contributed by atoms with van der Waals surface area (Å²) >= 11 is 0. The van der Waals surface area contributed by atoms with E-state index in [2.05, 4.69) is 31.1 Å². The fourth-order valence-electron chi connectivity index (χ4n) is 6.77. The number of halogens is 4. The van der Waals surface area contributed by atoms with E-state index in [-0.39, 0.29) is 40.3 Å². The molecule has 0 amide bonds. The SMILES string of the molecule is C#Cc1c(F)c(F)cc2cccc(-c3ncc4c(N5CCNCC5)nc(OC[C@@]56CCCN5C[C@H](F)C6)nc4c3F)c12. The van der Waals surface area contributed by atoms with Gasteiger partial charge in [-0.2, -0.15) is 9.97 Å². The molecule has 3 aliphatic rings. The second kappa shape index (κ2) is 10.4. The van der Waals surface area contributed by atoms with E-state index in [1.807, 2.05) is 4.90 Å². The molecule has 4 aromatic rings. The van der Waals surface area contributed by atoms with Crippen LogP contribution >= 0.6 is 0 Å². The van der Waals surface area contributed by atoms with E-state index < -0.39 is 29.2 Å². The fourth-order valence-corrected chi connectivity index (χ4v) is 6.77. The Labute approximate surface area is 239 Å². The zero-order chi connectivity index (χ0) is 29.0. The molecule has 1 N–H and O–H groups in total. The van der Waals surface area contributed by atoms with Gasteiger partial charge in [0.05, 0.1) is 16.5 Å². The van der Waals surface area contributed by atoms with E-state index in [1.54, 1.807) is 18.2 Å². The smallest absolute Gasteiger partial charge is 0.319 e. The molecule has 3 saturated heterocycles. The number of aromatic nitrogens is 3. The summed E-state index contributed by atoms with van der Waals surface area (Å²) in [6, 6.07) is 5.77. The van der Waals surface area contributed by atoms with Crippen molar-refractivity contribution in [2.45, 2.75) is 31.0 Å². The minimum atomic E-state index is -1.18. The lowest BCUT2D eigenvalue weighted by atomic mass is 9.95. The van der Waals surface area contributed by atoms with Crippen molar-refractivity contribution in [3.8, 4) is 29.6 Å². The Morgan fingerprint density at radius 3 is 2.76 bits per heavy atom. The van der Waals surface area contributed by atoms with Gasteiger partial charge in [0.2, 0.25) is 0 Å². The van der Waals surface area contributed by atoms with Crippen LogP contribution in [0.2, 0.25) is 0 Å². The largest absolute Gasteiger partial charge is 0.461 e. The highest BCUT2D eigenvalue weighted by Crippen LogP contribution is 2.41. The molecule has 0 spiro atoms. The lowest BCUT2D eigenvalue weighted by molar-refractivity contribution is 0.107. The molecule has 0 aliphatic carbocycles. The molecule has 42 heavy (non-hydrogen) atoms. The topological polar surface area (TPSA) is 66.4 Å². The number of rotatable bonds is 5. The van der Waals surface area contributed by atoms with Gasteiger partial charge in [0.1, 0.15) is 29.8 Å². The van der Waals surface area contributed by atoms with Crippen LogP contribution in [0.3, 0.4) is 0 Å². The molecule has 0 bridgehead atoms. The van der Waals surface area contributed by atoms with Crippen LogP contribution in [0.4, 0.5) is 23.4 Å². The Kier molecular flexibility index (Phi) is 6.63. The van der Waals surface area contributed by atoms with E-state index in [0.29, 0.717) is 42.6 Å². The summed E-state index contributed by atoms with van der Waals surface area (Å²) in [5.41, 5.74) is -0.649. The average Bonchev–Trinajstić information content (AvgIpc) is 3.53. The van der Waals surface area contributed by atoms with Crippen molar-refractivity contribution in [2.24, 2.45) is 0 Å². The molecule has 3 fully saturated rings. The average molecular weight is 577 g/mol. The first-order chi connectivity index (χ1) is 20.4. The van der Waals surface area contributed by atoms with Gasteiger partial charge in [-0.15, -0.1) is 6.42 Å². The summed E-state index contributed by atoms with van der Waals surface area (Å²) in [7, 11) is 0. The number of hydrogen-bond acceptors (Lipinski definition) is 7. The molecule has 0 radical (unpaired) electrons. The molecule has 3 aliphatic heterocycles. The summed E-state index contributed by atoms with van der Waals surface area (Å²) in [6.45, 7) is 4.10. The van der Waals surface area contributed by atoms with E-state index in [1.165, 1.54) is 6.20 Å². The van der Waals surface area contributed by atoms with Crippen LogP contribution in [0.1, 0.15) is 24.8 Å². The van der Waals surface area contributed by atoms with Crippen LogP contribution < -0.4 is 15.0 Å². The number of hydrogen-bond donors (Lipinski definition) is 1. The first kappa shape index (κ1) is 26.9. The van der Waals surface area contributed by atoms with Crippen LogP contribution in [0.25, 0.3) is 32.9 Å². The van der Waals surface area contributed by atoms with Crippen LogP contribution in [0.5, 0.6) is 6.01 Å². The van der Waals surface area contributed by atoms with Crippen molar-refractivity contribution in [2.75, 3.05) is 50.8 Å². The molecule has 0 saturated carbocycles. The monoisotopic (exact) mass is 576 g/mol. The molecule has 7 nitrogen and oxygen atoms in total. The number of benzene rings is 2. The minimum absolute atomic E-state index is 0.00837. The molecular formula is C31H28F4N6O. The maximum Gasteiger partial charge on any atom is 0.319 e. The van der Waals surface area contributed by atoms with E-state index in [0.717, 1.165) is 38.5 Å². The van der Waals surface area contributed by atoms with Gasteiger partial charge in [0.15, 0.2) is 17.5 Å². The lowest BCUT2D eigenvalue weighted by Crippen LogP contribution is -2.44. The Bertz CT molecular complexity index is 1750. The molecule has 2 atom stereocenters. The van der Waals surface area contributed by atoms with Gasteiger partial charge >= 0.3 is 6.01 Å². The molecule has 2 aromatic carbocycles. The number of pyridine rings is 1. The number of nitrogens with zero attached hydrogens (tertiary/aromatic N) is 5. The summed E-state index contributed by atoms with van der Waals surface area (Å²) < 4.78 is 66.0. The normalized spacial score (nSPS) is 22.5. The number of alkyl halides is 1. The molecular weight excluding hydrogens is 548 g/mol. The van der Waals surface area contributed by atoms with Gasteiger partial charge in [0, 0.05) is 56.3 Å². The van der Waals surface area contributed by atoms with Crippen molar-refractivity contribution in [3.63, 3.8) is 0 Å². The Balaban J connectivity index is 1.37. The molecule has 2 aromatic heterocycles. The number of piperazine rings is 1. The fraction of sp³-hybridized carbons (Fsp3) is 0.387. The highest BCUT2D eigenvalue weighted by Gasteiger charge is 2.49. The second-order valence-corrected chi connectivity index (χ2v) is 11.2. The van der Waals surface area contributed by atoms with Gasteiger partial charge in [0.25, 0.3) is 0 Å². The van der Waals surface area contributed by atoms with Crippen molar-refractivity contribution in [3.05, 3.63) is 53.5 Å². The van der Waals surface area contributed by atoms with Crippen LogP contribution in [0, 0.1) is 29.8 Å². The third-order valence-electron chi connectivity index (χ3n) is 8.75. The van der Waals surface area contributed by atoms with E-state index in [9.17, 15) is 13.2 Å². The third kappa shape index (κ3) is 4.32. The van der Waals surface area contributed by atoms with Crippen molar-refractivity contribution in [1.82, 2.24) is 25.2 Å². The summed E-state index contributed by atoms with van der Waals surface area (Å²) in [4.78, 5) is 17.7. The van der Waals surface area contributed by atoms with Gasteiger partial charge in [-0.05, 0) is 30.8 Å². The highest BCUT2D eigenvalue weighted by molar-refractivity contribution is 6.02. The molecule has 7 rings (SSSR count). The summed E-state index contributed by atoms with van der Waals surface area (Å²) in [6.07, 6.45) is 8.29. The highest BCUT2D eigenvalue weighted by atomic mass is 19.2. The predicted octanol–water partition coefficient (Wildman–Crippen LogP) is 4.61. The number of nitrogens with one attached hydrogen (secondary N) is 1. The summed E-state index contributed by atoms with van der Waals surface area (Å²) in [5, 5.41) is 4.19. The lowest BCUT2D eigenvalue weighted by Gasteiger charge is -2.31. The maximum atomic E-state index is 16.5. The Morgan fingerprint density at radius 2 is 1.95 bits per heavy atom. The zero-order valence-corrected chi connectivity index (χ0v) is 22.8. The predicted molar refractivity (Wildman–Crippen MR) is 152 cm³/mol. The molecule has 11 heteroatoms. The molecule has 216 valence electrons. The van der Waals surface area contributed by atoms with Gasteiger partial charge in [-0.3, -0.25) is 9.88 Å². The van der Waals surface area contributed by atoms with Gasteiger partial charge < -0.3 is 15.0 Å². The molecule has 0 unspecified atom stereocenters. The Hall–Kier alpha value is -4.01. The first-order valence-electron chi connectivity index (χ1n) is 14.1. The number of terminal acetylenes is 1. The van der Waals surface area contributed by atoms with E-state index >= 15 is 4.39 Å². The third-order valence-corrected chi connectivity index (χ3v) is 8.75. The quantitative estimate of drug-likeness (QED) is 0.275. The van der Waals surface area contributed by atoms with Crippen molar-refractivity contribution < 1.29 is 22.3 Å². The number of ether oxygens (including phenoxy) is 1. The maximum absolute atomic E-state index is 16.5. The second-order valence-electron chi connectivity index (χ2n) is 11.2. The summed E-state index contributed by atoms with van der Waals surface area (Å²) in [5.74, 6) is -0.326. The van der Waals surface area contributed by atoms with Crippen LogP contribution in [0.15, 0.2) is 30.5 Å². The van der Waals surface area contributed by atoms with Crippen molar-refractivity contribution in [1.29, 1.82) is 0 Å². The molecule has 5 heterocycles. The van der Waals surface area contributed by atoms with Crippen LogP contribution in [-0.2, 0) is 0 Å². The van der Waals surface area contributed by atoms with Crippen molar-refractivity contribution >= 4 is 27.5 Å². The first-order valence-corrected chi connectivity index (χ1v) is 14.1. The number of anilines is 1. The minimum Gasteiger partial charge on any atom is -0.461 e. The van der Waals surface area contributed by atoms with Gasteiger partial charge in [-0.1, -0.05) is 24.1 Å². The van der Waals surface area contributed by atoms with Gasteiger partial charge in [-0.25, -0.2) is 17.6 Å². The Morgan fingerprint density at radius 1 is 1.12 bits per heavy atom. The number of fused-ring (bicyclic) bond motifs is 3. The standard InChI is InChI=1S/C31H28F4N6O/c1-2-20-24-18(13-23(33)25(20)34)5-3-6-21(24)27-26(35)28-22(15-37-27)29(40-11-8-36-9-12-40)39-30(38-28)42-17-31-7-4-10-41(31)16-19(32)14-31/h1,3,5-6,13,15,19,36H,4,7-12,14,16-17H2/t19-,31+/m1/s1. The van der Waals surface area contributed by atoms with E-state index in [4.69, 9.17) is 11.2 Å². The zero-order valence-electron chi connectivity index (χ0n) is 22.8.